The van der Waals surface area contributed by atoms with Crippen LogP contribution in [-0.4, -0.2) is 40.6 Å². The number of methoxy groups -OCH3 is 1. The summed E-state index contributed by atoms with van der Waals surface area (Å²) in [6.07, 6.45) is 1.71. The van der Waals surface area contributed by atoms with Crippen LogP contribution in [-0.2, 0) is 6.54 Å². The average molecular weight is 208 g/mol. The van der Waals surface area contributed by atoms with E-state index in [2.05, 4.69) is 21.8 Å². The molecule has 0 spiro atoms. The molecule has 2 heterocycles. The zero-order chi connectivity index (χ0) is 10.9. The fourth-order valence-electron chi connectivity index (χ4n) is 1.88. The molecule has 82 valence electrons. The van der Waals surface area contributed by atoms with Gasteiger partial charge >= 0.3 is 6.01 Å². The number of aromatic nitrogens is 2. The van der Waals surface area contributed by atoms with Crippen molar-refractivity contribution in [3.63, 3.8) is 0 Å². The van der Waals surface area contributed by atoms with Crippen LogP contribution in [0.4, 0.5) is 0 Å². The largest absolute Gasteiger partial charge is 0.467 e. The van der Waals surface area contributed by atoms with E-state index in [-0.39, 0.29) is 5.54 Å². The van der Waals surface area contributed by atoms with Gasteiger partial charge in [0.05, 0.1) is 12.8 Å². The number of rotatable bonds is 3. The lowest BCUT2D eigenvalue weighted by Gasteiger charge is -2.45. The first kappa shape index (κ1) is 10.3. The van der Waals surface area contributed by atoms with Crippen molar-refractivity contribution in [2.24, 2.45) is 5.73 Å². The fraction of sp³-hybridized carbons (Fsp3) is 0.600. The molecule has 5 heteroatoms. The molecular formula is C10H16N4O. The van der Waals surface area contributed by atoms with Crippen molar-refractivity contribution in [2.45, 2.75) is 19.0 Å². The van der Waals surface area contributed by atoms with Gasteiger partial charge in [-0.1, -0.05) is 0 Å². The number of likely N-dealkylation sites (tertiary alicyclic amines) is 1. The third kappa shape index (κ3) is 2.43. The molecular weight excluding hydrogens is 192 g/mol. The Morgan fingerprint density at radius 2 is 2.33 bits per heavy atom. The molecule has 1 aromatic heterocycles. The molecule has 5 nitrogen and oxygen atoms in total. The second kappa shape index (κ2) is 3.75. The summed E-state index contributed by atoms with van der Waals surface area (Å²) >= 11 is 0. The van der Waals surface area contributed by atoms with Crippen LogP contribution in [0.1, 0.15) is 12.6 Å². The molecule has 1 aliphatic heterocycles. The Kier molecular flexibility index (Phi) is 2.58. The van der Waals surface area contributed by atoms with Crippen LogP contribution in [0, 0.1) is 0 Å². The van der Waals surface area contributed by atoms with Crippen LogP contribution in [0.5, 0.6) is 6.01 Å². The van der Waals surface area contributed by atoms with Gasteiger partial charge in [0.15, 0.2) is 0 Å². The molecule has 0 atom stereocenters. The number of hydrogen-bond donors (Lipinski definition) is 1. The number of nitrogens with zero attached hydrogens (tertiary/aromatic N) is 3. The third-order valence-electron chi connectivity index (χ3n) is 2.43. The van der Waals surface area contributed by atoms with Crippen LogP contribution in [0.3, 0.4) is 0 Å². The Balaban J connectivity index is 1.94. The first-order valence-electron chi connectivity index (χ1n) is 4.96. The summed E-state index contributed by atoms with van der Waals surface area (Å²) < 4.78 is 4.96. The third-order valence-corrected chi connectivity index (χ3v) is 2.43. The number of ether oxygens (including phenoxy) is 1. The van der Waals surface area contributed by atoms with Gasteiger partial charge in [0.1, 0.15) is 0 Å². The predicted molar refractivity (Wildman–Crippen MR) is 56.5 cm³/mol. The van der Waals surface area contributed by atoms with E-state index in [1.165, 1.54) is 0 Å². The molecule has 0 unspecified atom stereocenters. The van der Waals surface area contributed by atoms with E-state index in [1.807, 2.05) is 6.07 Å². The number of hydrogen-bond acceptors (Lipinski definition) is 5. The van der Waals surface area contributed by atoms with E-state index in [9.17, 15) is 0 Å². The maximum atomic E-state index is 5.92. The molecule has 1 aliphatic rings. The van der Waals surface area contributed by atoms with Crippen molar-refractivity contribution in [1.29, 1.82) is 0 Å². The van der Waals surface area contributed by atoms with E-state index >= 15 is 0 Å². The Morgan fingerprint density at radius 1 is 1.60 bits per heavy atom. The zero-order valence-electron chi connectivity index (χ0n) is 9.10. The molecule has 0 aromatic carbocycles. The van der Waals surface area contributed by atoms with Gasteiger partial charge in [-0.3, -0.25) is 4.90 Å². The molecule has 0 bridgehead atoms. The summed E-state index contributed by atoms with van der Waals surface area (Å²) in [6, 6.07) is 2.32. The standard InChI is InChI=1S/C10H16N4O/c1-10(11)6-14(7-10)5-8-3-4-12-9(13-8)15-2/h3-4H,5-7,11H2,1-2H3. The van der Waals surface area contributed by atoms with Crippen molar-refractivity contribution in [2.75, 3.05) is 20.2 Å². The maximum Gasteiger partial charge on any atom is 0.316 e. The van der Waals surface area contributed by atoms with Crippen molar-refractivity contribution >= 4 is 0 Å². The van der Waals surface area contributed by atoms with Gasteiger partial charge in [0.2, 0.25) is 0 Å². The summed E-state index contributed by atoms with van der Waals surface area (Å²) in [5, 5.41) is 0. The summed E-state index contributed by atoms with van der Waals surface area (Å²) in [6.45, 7) is 4.70. The highest BCUT2D eigenvalue weighted by atomic mass is 16.5. The van der Waals surface area contributed by atoms with Crippen LogP contribution in [0.25, 0.3) is 0 Å². The van der Waals surface area contributed by atoms with Crippen molar-refractivity contribution in [3.8, 4) is 6.01 Å². The summed E-state index contributed by atoms with van der Waals surface area (Å²) in [5.74, 6) is 0. The smallest absolute Gasteiger partial charge is 0.316 e. The molecule has 1 fully saturated rings. The highest BCUT2D eigenvalue weighted by Crippen LogP contribution is 2.19. The Bertz CT molecular complexity index is 345. The van der Waals surface area contributed by atoms with E-state index in [1.54, 1.807) is 13.3 Å². The van der Waals surface area contributed by atoms with Gasteiger partial charge in [-0.05, 0) is 13.0 Å². The average Bonchev–Trinajstić information content (AvgIpc) is 2.15. The zero-order valence-corrected chi connectivity index (χ0v) is 9.10. The van der Waals surface area contributed by atoms with Gasteiger partial charge < -0.3 is 10.5 Å². The minimum atomic E-state index is -0.0306. The van der Waals surface area contributed by atoms with E-state index < -0.39 is 0 Å². The fourth-order valence-corrected chi connectivity index (χ4v) is 1.88. The lowest BCUT2D eigenvalue weighted by Crippen LogP contribution is -2.64. The molecule has 0 radical (unpaired) electrons. The van der Waals surface area contributed by atoms with Crippen LogP contribution in [0.2, 0.25) is 0 Å². The number of nitrogens with two attached hydrogens (primary N) is 1. The van der Waals surface area contributed by atoms with Gasteiger partial charge in [0, 0.05) is 31.4 Å². The Labute approximate surface area is 89.3 Å². The van der Waals surface area contributed by atoms with Crippen molar-refractivity contribution in [1.82, 2.24) is 14.9 Å². The second-order valence-corrected chi connectivity index (χ2v) is 4.33. The monoisotopic (exact) mass is 208 g/mol. The minimum absolute atomic E-state index is 0.0306. The first-order valence-corrected chi connectivity index (χ1v) is 4.96. The lowest BCUT2D eigenvalue weighted by molar-refractivity contribution is 0.0749. The Morgan fingerprint density at radius 3 is 2.93 bits per heavy atom. The lowest BCUT2D eigenvalue weighted by atomic mass is 9.94. The van der Waals surface area contributed by atoms with Gasteiger partial charge in [-0.15, -0.1) is 0 Å². The minimum Gasteiger partial charge on any atom is -0.467 e. The maximum absolute atomic E-state index is 5.92. The Hall–Kier alpha value is -1.20. The normalized spacial score (nSPS) is 19.7. The molecule has 0 saturated carbocycles. The second-order valence-electron chi connectivity index (χ2n) is 4.33. The highest BCUT2D eigenvalue weighted by Gasteiger charge is 2.34. The molecule has 0 aliphatic carbocycles. The molecule has 2 N–H and O–H groups in total. The SMILES string of the molecule is COc1nccc(CN2CC(C)(N)C2)n1. The molecule has 1 saturated heterocycles. The van der Waals surface area contributed by atoms with Crippen LogP contribution < -0.4 is 10.5 Å². The summed E-state index contributed by atoms with van der Waals surface area (Å²) in [4.78, 5) is 10.5. The van der Waals surface area contributed by atoms with Crippen molar-refractivity contribution in [3.05, 3.63) is 18.0 Å². The van der Waals surface area contributed by atoms with E-state index in [0.29, 0.717) is 6.01 Å². The topological polar surface area (TPSA) is 64.3 Å². The van der Waals surface area contributed by atoms with E-state index in [4.69, 9.17) is 10.5 Å². The first-order chi connectivity index (χ1) is 7.09. The van der Waals surface area contributed by atoms with Crippen molar-refractivity contribution < 1.29 is 4.74 Å². The van der Waals surface area contributed by atoms with E-state index in [0.717, 1.165) is 25.3 Å². The van der Waals surface area contributed by atoms with Gasteiger partial charge in [-0.2, -0.15) is 4.98 Å². The van der Waals surface area contributed by atoms with Crippen LogP contribution in [0.15, 0.2) is 12.3 Å². The highest BCUT2D eigenvalue weighted by molar-refractivity contribution is 5.07. The van der Waals surface area contributed by atoms with Crippen LogP contribution >= 0.6 is 0 Å². The summed E-state index contributed by atoms with van der Waals surface area (Å²) in [7, 11) is 1.57. The molecule has 0 amide bonds. The van der Waals surface area contributed by atoms with Gasteiger partial charge in [-0.25, -0.2) is 4.98 Å². The summed E-state index contributed by atoms with van der Waals surface area (Å²) in [5.41, 5.74) is 6.86. The van der Waals surface area contributed by atoms with Gasteiger partial charge in [0.25, 0.3) is 0 Å². The predicted octanol–water partition coefficient (Wildman–Crippen LogP) is 0.0182. The quantitative estimate of drug-likeness (QED) is 0.758. The molecule has 1 aromatic rings. The molecule has 15 heavy (non-hydrogen) atoms. The molecule has 2 rings (SSSR count).